The number of halogens is 2. The molecular weight excluding hydrogens is 438 g/mol. The summed E-state index contributed by atoms with van der Waals surface area (Å²) in [6.07, 6.45) is 1.41. The number of ether oxygens (including phenoxy) is 2. The molecule has 0 bridgehead atoms. The standard InChI is InChI=1S/C17H16F2N6O5S/c18-11-1-2-12(24-31(27,28)25-3-5-29-6-4-25)14(19)15(11)23-17(26)30-10-7-13-16(20-8-10)22-9-21-13/h1-2,7-9,24H,3-6H2,(H,23,26)(H,20,21,22). The number of carbonyl (C=O) groups is 1. The monoisotopic (exact) mass is 454 g/mol. The number of morpholine rings is 1. The van der Waals surface area contributed by atoms with Crippen LogP contribution in [-0.2, 0) is 14.9 Å². The van der Waals surface area contributed by atoms with Gasteiger partial charge in [-0.25, -0.2) is 23.5 Å². The van der Waals surface area contributed by atoms with E-state index in [0.29, 0.717) is 11.2 Å². The van der Waals surface area contributed by atoms with Gasteiger partial charge in [0.05, 0.1) is 36.9 Å². The van der Waals surface area contributed by atoms with Crippen LogP contribution in [0, 0.1) is 11.6 Å². The van der Waals surface area contributed by atoms with Crippen LogP contribution in [-0.4, -0.2) is 60.1 Å². The molecule has 3 N–H and O–H groups in total. The topological polar surface area (TPSA) is 139 Å². The Hall–Kier alpha value is -3.36. The van der Waals surface area contributed by atoms with Crippen LogP contribution in [0.15, 0.2) is 30.7 Å². The lowest BCUT2D eigenvalue weighted by Crippen LogP contribution is -2.43. The number of carbonyl (C=O) groups excluding carboxylic acids is 1. The number of H-pyrrole nitrogens is 1. The van der Waals surface area contributed by atoms with Crippen molar-refractivity contribution in [3.05, 3.63) is 42.4 Å². The van der Waals surface area contributed by atoms with Crippen LogP contribution < -0.4 is 14.8 Å². The number of fused-ring (bicyclic) bond motifs is 1. The Morgan fingerprint density at radius 1 is 1.23 bits per heavy atom. The average molecular weight is 454 g/mol. The second-order valence-corrected chi connectivity index (χ2v) is 8.03. The summed E-state index contributed by atoms with van der Waals surface area (Å²) in [5, 5.41) is 1.94. The first-order valence-electron chi connectivity index (χ1n) is 8.95. The molecular formula is C17H16F2N6O5S. The molecule has 0 atom stereocenters. The van der Waals surface area contributed by atoms with Crippen molar-refractivity contribution in [3.63, 3.8) is 0 Å². The largest absolute Gasteiger partial charge is 0.417 e. The summed E-state index contributed by atoms with van der Waals surface area (Å²) in [7, 11) is -4.10. The van der Waals surface area contributed by atoms with E-state index >= 15 is 0 Å². The third-order valence-corrected chi connectivity index (χ3v) is 5.85. The summed E-state index contributed by atoms with van der Waals surface area (Å²) >= 11 is 0. The van der Waals surface area contributed by atoms with Crippen LogP contribution in [0.2, 0.25) is 0 Å². The Morgan fingerprint density at radius 3 is 2.77 bits per heavy atom. The minimum absolute atomic E-state index is 0.000703. The van der Waals surface area contributed by atoms with Crippen molar-refractivity contribution in [1.82, 2.24) is 19.3 Å². The van der Waals surface area contributed by atoms with Crippen LogP contribution in [0.3, 0.4) is 0 Å². The van der Waals surface area contributed by atoms with Crippen molar-refractivity contribution >= 4 is 38.8 Å². The molecule has 1 aromatic carbocycles. The van der Waals surface area contributed by atoms with E-state index in [1.807, 2.05) is 5.32 Å². The number of benzene rings is 1. The van der Waals surface area contributed by atoms with Crippen molar-refractivity contribution in [1.29, 1.82) is 0 Å². The molecule has 164 valence electrons. The summed E-state index contributed by atoms with van der Waals surface area (Å²) in [5.41, 5.74) is -0.529. The van der Waals surface area contributed by atoms with E-state index in [0.717, 1.165) is 16.4 Å². The molecule has 1 fully saturated rings. The fraction of sp³-hybridized carbons (Fsp3) is 0.235. The van der Waals surface area contributed by atoms with Gasteiger partial charge in [0.1, 0.15) is 11.5 Å². The van der Waals surface area contributed by atoms with E-state index in [4.69, 9.17) is 9.47 Å². The highest BCUT2D eigenvalue weighted by Crippen LogP contribution is 2.27. The number of aromatic nitrogens is 3. The Labute approximate surface area is 174 Å². The molecule has 2 aromatic heterocycles. The molecule has 0 saturated carbocycles. The number of amides is 1. The normalized spacial score (nSPS) is 15.0. The van der Waals surface area contributed by atoms with Crippen LogP contribution in [0.5, 0.6) is 5.75 Å². The van der Waals surface area contributed by atoms with Gasteiger partial charge in [-0.05, 0) is 12.1 Å². The highest BCUT2D eigenvalue weighted by Gasteiger charge is 2.27. The SMILES string of the molecule is O=C(Nc1c(F)ccc(NS(=O)(=O)N2CCOCC2)c1F)Oc1cnc2nc[nH]c2c1. The number of hydrogen-bond acceptors (Lipinski definition) is 7. The highest BCUT2D eigenvalue weighted by atomic mass is 32.2. The summed E-state index contributed by atoms with van der Waals surface area (Å²) in [6.45, 7) is 0.573. The van der Waals surface area contributed by atoms with Crippen LogP contribution >= 0.6 is 0 Å². The summed E-state index contributed by atoms with van der Waals surface area (Å²) in [6, 6.07) is 3.15. The van der Waals surface area contributed by atoms with Gasteiger partial charge in [-0.1, -0.05) is 0 Å². The zero-order chi connectivity index (χ0) is 22.0. The van der Waals surface area contributed by atoms with Crippen LogP contribution in [0.4, 0.5) is 25.0 Å². The number of rotatable bonds is 5. The molecule has 0 unspecified atom stereocenters. The Kier molecular flexibility index (Phi) is 5.67. The number of imidazole rings is 1. The maximum atomic E-state index is 14.8. The molecule has 1 amide bonds. The van der Waals surface area contributed by atoms with Gasteiger partial charge in [-0.3, -0.25) is 10.0 Å². The zero-order valence-corrected chi connectivity index (χ0v) is 16.6. The smallest absolute Gasteiger partial charge is 0.408 e. The minimum Gasteiger partial charge on any atom is -0.408 e. The third kappa shape index (κ3) is 4.55. The third-order valence-electron chi connectivity index (χ3n) is 4.33. The fourth-order valence-electron chi connectivity index (χ4n) is 2.84. The van der Waals surface area contributed by atoms with Crippen LogP contribution in [0.1, 0.15) is 0 Å². The molecule has 0 aliphatic carbocycles. The molecule has 0 spiro atoms. The number of nitrogens with one attached hydrogen (secondary N) is 3. The lowest BCUT2D eigenvalue weighted by Gasteiger charge is -2.26. The molecule has 1 aliphatic rings. The second kappa shape index (κ2) is 8.41. The second-order valence-electron chi connectivity index (χ2n) is 6.36. The number of pyridine rings is 1. The van der Waals surface area contributed by atoms with Gasteiger partial charge in [0.15, 0.2) is 17.2 Å². The van der Waals surface area contributed by atoms with Gasteiger partial charge in [-0.15, -0.1) is 0 Å². The van der Waals surface area contributed by atoms with Gasteiger partial charge in [0.25, 0.3) is 0 Å². The lowest BCUT2D eigenvalue weighted by molar-refractivity contribution is 0.0733. The quantitative estimate of drug-likeness (QED) is 0.535. The maximum absolute atomic E-state index is 14.8. The van der Waals surface area contributed by atoms with Crippen molar-refractivity contribution in [2.24, 2.45) is 0 Å². The van der Waals surface area contributed by atoms with E-state index in [2.05, 4.69) is 19.7 Å². The minimum atomic E-state index is -4.10. The Morgan fingerprint density at radius 2 is 2.00 bits per heavy atom. The number of aromatic amines is 1. The first kappa shape index (κ1) is 20.9. The lowest BCUT2D eigenvalue weighted by atomic mass is 10.2. The Bertz CT molecular complexity index is 1230. The first-order valence-corrected chi connectivity index (χ1v) is 10.4. The van der Waals surface area contributed by atoms with Gasteiger partial charge in [-0.2, -0.15) is 12.7 Å². The summed E-state index contributed by atoms with van der Waals surface area (Å²) in [4.78, 5) is 22.8. The van der Waals surface area contributed by atoms with E-state index in [1.54, 1.807) is 0 Å². The zero-order valence-electron chi connectivity index (χ0n) is 15.8. The Balaban J connectivity index is 1.50. The van der Waals surface area contributed by atoms with E-state index < -0.39 is 39.3 Å². The van der Waals surface area contributed by atoms with E-state index in [9.17, 15) is 22.0 Å². The molecule has 11 nitrogen and oxygen atoms in total. The van der Waals surface area contributed by atoms with E-state index in [1.165, 1.54) is 18.6 Å². The molecule has 3 heterocycles. The van der Waals surface area contributed by atoms with Gasteiger partial charge in [0.2, 0.25) is 0 Å². The summed E-state index contributed by atoms with van der Waals surface area (Å²) in [5.74, 6) is -2.43. The summed E-state index contributed by atoms with van der Waals surface area (Å²) < 4.78 is 67.0. The van der Waals surface area contributed by atoms with Crippen molar-refractivity contribution in [2.45, 2.75) is 0 Å². The molecule has 14 heteroatoms. The number of nitrogens with zero attached hydrogens (tertiary/aromatic N) is 3. The first-order chi connectivity index (χ1) is 14.8. The number of anilines is 2. The van der Waals surface area contributed by atoms with Crippen molar-refractivity contribution in [3.8, 4) is 5.75 Å². The predicted octanol–water partition coefficient (Wildman–Crippen LogP) is 1.84. The molecule has 4 rings (SSSR count). The fourth-order valence-corrected chi connectivity index (χ4v) is 4.03. The van der Waals surface area contributed by atoms with E-state index in [-0.39, 0.29) is 32.1 Å². The molecule has 31 heavy (non-hydrogen) atoms. The van der Waals surface area contributed by atoms with Gasteiger partial charge < -0.3 is 14.5 Å². The maximum Gasteiger partial charge on any atom is 0.417 e. The molecule has 1 aliphatic heterocycles. The molecule has 0 radical (unpaired) electrons. The molecule has 1 saturated heterocycles. The van der Waals surface area contributed by atoms with Gasteiger partial charge >= 0.3 is 16.3 Å². The molecule has 3 aromatic rings. The van der Waals surface area contributed by atoms with Gasteiger partial charge in [0, 0.05) is 19.2 Å². The van der Waals surface area contributed by atoms with Crippen LogP contribution in [0.25, 0.3) is 11.2 Å². The predicted molar refractivity (Wildman–Crippen MR) is 105 cm³/mol. The average Bonchev–Trinajstić information content (AvgIpc) is 3.22. The van der Waals surface area contributed by atoms with Crippen molar-refractivity contribution < 1.29 is 31.5 Å². The number of hydrogen-bond donors (Lipinski definition) is 3. The highest BCUT2D eigenvalue weighted by molar-refractivity contribution is 7.90. The van der Waals surface area contributed by atoms with Crippen molar-refractivity contribution in [2.75, 3.05) is 36.3 Å².